The van der Waals surface area contributed by atoms with Crippen molar-refractivity contribution in [1.82, 2.24) is 9.97 Å². The fourth-order valence-corrected chi connectivity index (χ4v) is 5.96. The molecule has 184 valence electrons. The molecule has 36 heavy (non-hydrogen) atoms. The van der Waals surface area contributed by atoms with E-state index >= 15 is 0 Å². The number of likely N-dealkylation sites (N-methyl/N-ethyl adjacent to an activating group) is 1. The number of thiophene rings is 1. The van der Waals surface area contributed by atoms with Crippen LogP contribution in [-0.2, 0) is 4.79 Å². The van der Waals surface area contributed by atoms with E-state index in [9.17, 15) is 14.4 Å². The summed E-state index contributed by atoms with van der Waals surface area (Å²) in [5.41, 5.74) is 3.94. The molecule has 0 unspecified atom stereocenters. The summed E-state index contributed by atoms with van der Waals surface area (Å²) in [4.78, 5) is 47.7. The summed E-state index contributed by atoms with van der Waals surface area (Å²) in [6.45, 7) is 6.67. The number of Topliss-reactive ketones (excluding diaryl/α,β-unsaturated/α-hetero) is 1. The Kier molecular flexibility index (Phi) is 6.68. The highest BCUT2D eigenvalue weighted by Crippen LogP contribution is 2.34. The fraction of sp³-hybridized carbons (Fsp3) is 0.259. The lowest BCUT2D eigenvalue weighted by Gasteiger charge is -2.28. The number of amides is 1. The highest BCUT2D eigenvalue weighted by Gasteiger charge is 2.25. The van der Waals surface area contributed by atoms with Gasteiger partial charge in [0.25, 0.3) is 11.5 Å². The number of hydrogen-bond acceptors (Lipinski definition) is 7. The van der Waals surface area contributed by atoms with Gasteiger partial charge in [0.1, 0.15) is 10.6 Å². The molecule has 0 atom stereocenters. The van der Waals surface area contributed by atoms with Crippen molar-refractivity contribution in [2.45, 2.75) is 31.8 Å². The molecule has 4 aromatic rings. The Morgan fingerprint density at radius 2 is 1.97 bits per heavy atom. The van der Waals surface area contributed by atoms with E-state index in [2.05, 4.69) is 35.9 Å². The van der Waals surface area contributed by atoms with Crippen LogP contribution in [0.3, 0.4) is 0 Å². The average molecular weight is 520 g/mol. The van der Waals surface area contributed by atoms with E-state index in [-0.39, 0.29) is 29.6 Å². The first-order valence-corrected chi connectivity index (χ1v) is 13.6. The quantitative estimate of drug-likeness (QED) is 0.197. The van der Waals surface area contributed by atoms with Crippen molar-refractivity contribution in [2.24, 2.45) is 0 Å². The van der Waals surface area contributed by atoms with Gasteiger partial charge in [-0.2, -0.15) is 0 Å². The largest absolute Gasteiger partial charge is 0.482 e. The first-order valence-electron chi connectivity index (χ1n) is 11.7. The lowest BCUT2D eigenvalue weighted by Crippen LogP contribution is -2.38. The van der Waals surface area contributed by atoms with Crippen LogP contribution in [0.25, 0.3) is 21.3 Å². The highest BCUT2D eigenvalue weighted by molar-refractivity contribution is 7.99. The second kappa shape index (κ2) is 9.91. The van der Waals surface area contributed by atoms with Crippen LogP contribution < -0.4 is 15.2 Å². The third-order valence-corrected chi connectivity index (χ3v) is 7.94. The highest BCUT2D eigenvalue weighted by atomic mass is 32.2. The summed E-state index contributed by atoms with van der Waals surface area (Å²) in [5.74, 6) is 0.864. The summed E-state index contributed by atoms with van der Waals surface area (Å²) in [7, 11) is 0. The number of fused-ring (bicyclic) bond motifs is 2. The summed E-state index contributed by atoms with van der Waals surface area (Å²) < 4.78 is 5.48. The number of anilines is 1. The zero-order chi connectivity index (χ0) is 25.4. The van der Waals surface area contributed by atoms with Crippen LogP contribution in [0.4, 0.5) is 5.69 Å². The molecule has 2 aromatic carbocycles. The Labute approximate surface area is 216 Å². The van der Waals surface area contributed by atoms with E-state index in [0.717, 1.165) is 11.1 Å². The zero-order valence-electron chi connectivity index (χ0n) is 20.2. The molecule has 0 saturated carbocycles. The molecular weight excluding hydrogens is 494 g/mol. The van der Waals surface area contributed by atoms with Crippen LogP contribution in [0.2, 0.25) is 0 Å². The van der Waals surface area contributed by atoms with Gasteiger partial charge in [0.15, 0.2) is 17.5 Å². The van der Waals surface area contributed by atoms with Gasteiger partial charge < -0.3 is 14.6 Å². The molecule has 1 amide bonds. The molecule has 5 rings (SSSR count). The van der Waals surface area contributed by atoms with Crippen LogP contribution in [0, 0.1) is 0 Å². The number of aromatic nitrogens is 2. The molecule has 0 saturated heterocycles. The molecule has 1 N–H and O–H groups in total. The van der Waals surface area contributed by atoms with Gasteiger partial charge in [-0.25, -0.2) is 4.98 Å². The molecule has 1 aliphatic heterocycles. The molecule has 3 heterocycles. The number of H-pyrrole nitrogens is 1. The normalized spacial score (nSPS) is 13.2. The number of rotatable bonds is 7. The van der Waals surface area contributed by atoms with E-state index < -0.39 is 0 Å². The van der Waals surface area contributed by atoms with Gasteiger partial charge >= 0.3 is 0 Å². The van der Waals surface area contributed by atoms with Gasteiger partial charge in [-0.05, 0) is 42.2 Å². The van der Waals surface area contributed by atoms with Crippen LogP contribution in [0.1, 0.15) is 42.6 Å². The van der Waals surface area contributed by atoms with E-state index in [4.69, 9.17) is 4.74 Å². The van der Waals surface area contributed by atoms with Crippen molar-refractivity contribution >= 4 is 50.7 Å². The van der Waals surface area contributed by atoms with Crippen molar-refractivity contribution in [3.05, 3.63) is 69.3 Å². The van der Waals surface area contributed by atoms with Gasteiger partial charge in [0.2, 0.25) is 0 Å². The smallest absolute Gasteiger partial charge is 0.265 e. The Hall–Kier alpha value is -3.43. The maximum Gasteiger partial charge on any atom is 0.265 e. The van der Waals surface area contributed by atoms with E-state index in [1.165, 1.54) is 28.7 Å². The summed E-state index contributed by atoms with van der Waals surface area (Å²) in [6, 6.07) is 13.3. The molecule has 2 aromatic heterocycles. The SMILES string of the molecule is CCN1C(=O)COc2ccc(C(=O)CSc3nc4scc(-c5ccc(C(C)C)cc5)c4c(=O)[nH]3)cc21. The predicted molar refractivity (Wildman–Crippen MR) is 145 cm³/mol. The molecule has 0 bridgehead atoms. The molecule has 1 aliphatic rings. The summed E-state index contributed by atoms with van der Waals surface area (Å²) >= 11 is 2.60. The Morgan fingerprint density at radius 3 is 2.69 bits per heavy atom. The second-order valence-electron chi connectivity index (χ2n) is 8.80. The van der Waals surface area contributed by atoms with Crippen molar-refractivity contribution in [1.29, 1.82) is 0 Å². The number of hydrogen-bond donors (Lipinski definition) is 1. The molecular formula is C27H25N3O4S2. The first-order chi connectivity index (χ1) is 17.4. The van der Waals surface area contributed by atoms with E-state index in [1.807, 2.05) is 24.4 Å². The van der Waals surface area contributed by atoms with E-state index in [1.54, 1.807) is 23.1 Å². The minimum atomic E-state index is -0.220. The van der Waals surface area contributed by atoms with Crippen molar-refractivity contribution < 1.29 is 14.3 Å². The van der Waals surface area contributed by atoms with Gasteiger partial charge in [-0.15, -0.1) is 11.3 Å². The number of ketones is 1. The number of nitrogens with one attached hydrogen (secondary N) is 1. The minimum Gasteiger partial charge on any atom is -0.482 e. The Bertz CT molecular complexity index is 1520. The average Bonchev–Trinajstić information content (AvgIpc) is 3.31. The number of aromatic amines is 1. The third-order valence-electron chi connectivity index (χ3n) is 6.19. The maximum atomic E-state index is 13.0. The first kappa shape index (κ1) is 24.3. The molecule has 7 nitrogen and oxygen atoms in total. The van der Waals surface area contributed by atoms with Gasteiger partial charge in [0, 0.05) is 23.1 Å². The van der Waals surface area contributed by atoms with Crippen molar-refractivity contribution in [2.75, 3.05) is 23.8 Å². The Morgan fingerprint density at radius 1 is 1.19 bits per heavy atom. The topological polar surface area (TPSA) is 92.4 Å². The predicted octanol–water partition coefficient (Wildman–Crippen LogP) is 5.50. The molecule has 9 heteroatoms. The van der Waals surface area contributed by atoms with Gasteiger partial charge in [0.05, 0.1) is 16.8 Å². The van der Waals surface area contributed by atoms with Crippen LogP contribution >= 0.6 is 23.1 Å². The van der Waals surface area contributed by atoms with E-state index in [0.29, 0.717) is 44.8 Å². The molecule has 0 radical (unpaired) electrons. The number of nitrogens with zero attached hydrogens (tertiary/aromatic N) is 2. The lowest BCUT2D eigenvalue weighted by molar-refractivity contribution is -0.121. The maximum absolute atomic E-state index is 13.0. The second-order valence-corrected chi connectivity index (χ2v) is 10.6. The Balaban J connectivity index is 1.35. The van der Waals surface area contributed by atoms with Crippen molar-refractivity contribution in [3.8, 4) is 16.9 Å². The molecule has 0 aliphatic carbocycles. The van der Waals surface area contributed by atoms with Crippen LogP contribution in [0.15, 0.2) is 57.8 Å². The van der Waals surface area contributed by atoms with Crippen LogP contribution in [-0.4, -0.2) is 40.6 Å². The van der Waals surface area contributed by atoms with Gasteiger partial charge in [-0.3, -0.25) is 14.4 Å². The number of carbonyl (C=O) groups is 2. The summed E-state index contributed by atoms with van der Waals surface area (Å²) in [5, 5.41) is 2.91. The number of carbonyl (C=O) groups excluding carboxylic acids is 2. The van der Waals surface area contributed by atoms with Gasteiger partial charge in [-0.1, -0.05) is 49.9 Å². The number of ether oxygens (including phenoxy) is 1. The standard InChI is InChI=1S/C27H25N3O4S2/c1-4-30-20-11-18(9-10-22(20)34-12-23(30)32)21(31)14-36-27-28-25(33)24-19(13-35-26(24)29-27)17-7-5-16(6-8-17)15(2)3/h5-11,13,15H,4,12,14H2,1-3H3,(H,28,29,33). The minimum absolute atomic E-state index is 0.000809. The third kappa shape index (κ3) is 4.56. The number of thioether (sulfide) groups is 1. The number of benzene rings is 2. The molecule has 0 spiro atoms. The van der Waals surface area contributed by atoms with Crippen molar-refractivity contribution in [3.63, 3.8) is 0 Å². The zero-order valence-corrected chi connectivity index (χ0v) is 21.8. The lowest BCUT2D eigenvalue weighted by atomic mass is 9.99. The fourth-order valence-electron chi connectivity index (χ4n) is 4.20. The van der Waals surface area contributed by atoms with Crippen LogP contribution in [0.5, 0.6) is 5.75 Å². The monoisotopic (exact) mass is 519 g/mol. The molecule has 0 fully saturated rings. The summed E-state index contributed by atoms with van der Waals surface area (Å²) in [6.07, 6.45) is 0.